The third-order valence-corrected chi connectivity index (χ3v) is 5.72. The molecule has 0 atom stereocenters. The number of hydrogen-bond donors (Lipinski definition) is 1. The van der Waals surface area contributed by atoms with Crippen molar-refractivity contribution < 1.29 is 9.47 Å². The summed E-state index contributed by atoms with van der Waals surface area (Å²) >= 11 is 2.03. The van der Waals surface area contributed by atoms with Crippen LogP contribution in [0.5, 0.6) is 11.5 Å². The number of nitrogens with one attached hydrogen (secondary N) is 1. The van der Waals surface area contributed by atoms with Crippen molar-refractivity contribution in [1.82, 2.24) is 5.32 Å². The maximum absolute atomic E-state index is 6.26. The normalized spacial score (nSPS) is 20.8. The number of hydrogen-bond acceptors (Lipinski definition) is 4. The molecule has 0 unspecified atom stereocenters. The molecule has 1 aromatic rings. The van der Waals surface area contributed by atoms with Gasteiger partial charge in [-0.15, -0.1) is 0 Å². The Morgan fingerprint density at radius 2 is 1.86 bits per heavy atom. The molecule has 122 valence electrons. The molecule has 2 fully saturated rings. The molecule has 0 saturated carbocycles. The highest BCUT2D eigenvalue weighted by Crippen LogP contribution is 2.33. The summed E-state index contributed by atoms with van der Waals surface area (Å²) in [7, 11) is 1.73. The Morgan fingerprint density at radius 3 is 2.59 bits per heavy atom. The summed E-state index contributed by atoms with van der Waals surface area (Å²) in [5, 5.41) is 3.44. The van der Waals surface area contributed by atoms with E-state index in [4.69, 9.17) is 9.47 Å². The van der Waals surface area contributed by atoms with Crippen LogP contribution in [0, 0.1) is 5.92 Å². The second kappa shape index (κ2) is 8.11. The lowest BCUT2D eigenvalue weighted by Gasteiger charge is -2.25. The van der Waals surface area contributed by atoms with Gasteiger partial charge in [-0.25, -0.2) is 0 Å². The molecular weight excluding hydrogens is 294 g/mol. The summed E-state index contributed by atoms with van der Waals surface area (Å²) in [6.07, 6.45) is 6.36. The van der Waals surface area contributed by atoms with E-state index in [2.05, 4.69) is 23.5 Å². The van der Waals surface area contributed by atoms with Crippen molar-refractivity contribution in [3.63, 3.8) is 0 Å². The molecule has 0 radical (unpaired) electrons. The monoisotopic (exact) mass is 321 g/mol. The van der Waals surface area contributed by atoms with Gasteiger partial charge in [0.1, 0.15) is 6.10 Å². The van der Waals surface area contributed by atoms with E-state index < -0.39 is 0 Å². The number of piperidine rings is 1. The van der Waals surface area contributed by atoms with E-state index in [1.54, 1.807) is 7.11 Å². The van der Waals surface area contributed by atoms with Crippen LogP contribution in [0.4, 0.5) is 0 Å². The summed E-state index contributed by atoms with van der Waals surface area (Å²) in [4.78, 5) is 0. The Kier molecular flexibility index (Phi) is 5.90. The molecule has 0 spiro atoms. The quantitative estimate of drug-likeness (QED) is 0.899. The van der Waals surface area contributed by atoms with Crippen molar-refractivity contribution in [2.45, 2.75) is 38.2 Å². The fourth-order valence-corrected chi connectivity index (χ4v) is 4.40. The van der Waals surface area contributed by atoms with Gasteiger partial charge in [-0.1, -0.05) is 6.07 Å². The van der Waals surface area contributed by atoms with Crippen LogP contribution in [0.2, 0.25) is 0 Å². The summed E-state index contributed by atoms with van der Waals surface area (Å²) in [5.41, 5.74) is 1.38. The van der Waals surface area contributed by atoms with Crippen molar-refractivity contribution in [2.24, 2.45) is 5.92 Å². The van der Waals surface area contributed by atoms with Gasteiger partial charge in [0.2, 0.25) is 0 Å². The zero-order valence-corrected chi connectivity index (χ0v) is 14.3. The molecule has 0 aromatic heterocycles. The molecule has 0 bridgehead atoms. The predicted octanol–water partition coefficient (Wildman–Crippen LogP) is 3.51. The van der Waals surface area contributed by atoms with E-state index in [0.29, 0.717) is 6.10 Å². The average Bonchev–Trinajstić information content (AvgIpc) is 2.57. The third-order valence-electron chi connectivity index (χ3n) is 4.67. The van der Waals surface area contributed by atoms with Gasteiger partial charge in [0, 0.05) is 0 Å². The molecule has 22 heavy (non-hydrogen) atoms. The predicted molar refractivity (Wildman–Crippen MR) is 93.3 cm³/mol. The molecule has 0 amide bonds. The highest BCUT2D eigenvalue weighted by molar-refractivity contribution is 7.99. The van der Waals surface area contributed by atoms with Gasteiger partial charge in [0.05, 0.1) is 7.11 Å². The topological polar surface area (TPSA) is 30.5 Å². The van der Waals surface area contributed by atoms with E-state index >= 15 is 0 Å². The molecular formula is C18H27NO2S. The van der Waals surface area contributed by atoms with Crippen LogP contribution < -0.4 is 14.8 Å². The first-order chi connectivity index (χ1) is 10.8. The van der Waals surface area contributed by atoms with Gasteiger partial charge in [0.15, 0.2) is 11.5 Å². The van der Waals surface area contributed by atoms with E-state index in [0.717, 1.165) is 49.8 Å². The smallest absolute Gasteiger partial charge is 0.161 e. The Labute approximate surface area is 138 Å². The van der Waals surface area contributed by atoms with E-state index in [9.17, 15) is 0 Å². The molecule has 1 aromatic carbocycles. The van der Waals surface area contributed by atoms with Gasteiger partial charge in [0.25, 0.3) is 0 Å². The Morgan fingerprint density at radius 1 is 1.09 bits per heavy atom. The third kappa shape index (κ3) is 4.32. The summed E-state index contributed by atoms with van der Waals surface area (Å²) in [6.45, 7) is 2.31. The molecule has 0 aliphatic carbocycles. The van der Waals surface area contributed by atoms with Gasteiger partial charge in [-0.3, -0.25) is 0 Å². The molecule has 2 aliphatic heterocycles. The van der Waals surface area contributed by atoms with Gasteiger partial charge in [-0.05, 0) is 80.3 Å². The Bertz CT molecular complexity index is 468. The fourth-order valence-electron chi connectivity index (χ4n) is 3.33. The molecule has 2 aliphatic rings. The molecule has 4 heteroatoms. The van der Waals surface area contributed by atoms with Crippen LogP contribution in [0.25, 0.3) is 0 Å². The highest BCUT2D eigenvalue weighted by Gasteiger charge is 2.19. The SMILES string of the molecule is COc1ccc(CC2CCNCC2)cc1OC1CCSCC1. The van der Waals surface area contributed by atoms with E-state index in [-0.39, 0.29) is 0 Å². The van der Waals surface area contributed by atoms with Crippen molar-refractivity contribution in [1.29, 1.82) is 0 Å². The Balaban J connectivity index is 1.67. The van der Waals surface area contributed by atoms with Crippen LogP contribution in [-0.2, 0) is 6.42 Å². The fraction of sp³-hybridized carbons (Fsp3) is 0.667. The van der Waals surface area contributed by atoms with Crippen molar-refractivity contribution in [2.75, 3.05) is 31.7 Å². The lowest BCUT2D eigenvalue weighted by molar-refractivity contribution is 0.184. The lowest BCUT2D eigenvalue weighted by atomic mass is 9.91. The molecule has 3 rings (SSSR count). The first-order valence-electron chi connectivity index (χ1n) is 8.47. The number of ether oxygens (including phenoxy) is 2. The van der Waals surface area contributed by atoms with Crippen LogP contribution in [0.3, 0.4) is 0 Å². The molecule has 2 saturated heterocycles. The molecule has 2 heterocycles. The summed E-state index contributed by atoms with van der Waals surface area (Å²) in [5.74, 6) is 5.02. The van der Waals surface area contributed by atoms with E-state index in [1.807, 2.05) is 11.8 Å². The number of rotatable bonds is 5. The largest absolute Gasteiger partial charge is 0.493 e. The molecule has 1 N–H and O–H groups in total. The zero-order chi connectivity index (χ0) is 15.2. The lowest BCUT2D eigenvalue weighted by Crippen LogP contribution is -2.28. The summed E-state index contributed by atoms with van der Waals surface area (Å²) < 4.78 is 11.7. The minimum Gasteiger partial charge on any atom is -0.493 e. The highest BCUT2D eigenvalue weighted by atomic mass is 32.2. The Hall–Kier alpha value is -0.870. The first-order valence-corrected chi connectivity index (χ1v) is 9.62. The number of thioether (sulfide) groups is 1. The second-order valence-corrected chi connectivity index (χ2v) is 7.54. The standard InChI is InChI=1S/C18H27NO2S/c1-20-17-3-2-15(12-14-4-8-19-9-5-14)13-18(17)21-16-6-10-22-11-7-16/h2-3,13-14,16,19H,4-12H2,1H3. The van der Waals surface area contributed by atoms with Gasteiger partial charge in [-0.2, -0.15) is 11.8 Å². The summed E-state index contributed by atoms with van der Waals surface area (Å²) in [6, 6.07) is 6.48. The maximum Gasteiger partial charge on any atom is 0.161 e. The van der Waals surface area contributed by atoms with Crippen molar-refractivity contribution >= 4 is 11.8 Å². The molecule has 3 nitrogen and oxygen atoms in total. The van der Waals surface area contributed by atoms with Crippen LogP contribution in [0.15, 0.2) is 18.2 Å². The van der Waals surface area contributed by atoms with Gasteiger partial charge >= 0.3 is 0 Å². The van der Waals surface area contributed by atoms with Crippen LogP contribution >= 0.6 is 11.8 Å². The van der Waals surface area contributed by atoms with Crippen molar-refractivity contribution in [3.8, 4) is 11.5 Å². The van der Waals surface area contributed by atoms with Crippen molar-refractivity contribution in [3.05, 3.63) is 23.8 Å². The minimum absolute atomic E-state index is 0.351. The van der Waals surface area contributed by atoms with E-state index in [1.165, 1.54) is 29.9 Å². The average molecular weight is 321 g/mol. The first kappa shape index (κ1) is 16.0. The maximum atomic E-state index is 6.26. The van der Waals surface area contributed by atoms with Gasteiger partial charge < -0.3 is 14.8 Å². The second-order valence-electron chi connectivity index (χ2n) is 6.31. The van der Waals surface area contributed by atoms with Crippen LogP contribution in [-0.4, -0.2) is 37.8 Å². The number of methoxy groups -OCH3 is 1. The minimum atomic E-state index is 0.351. The zero-order valence-electron chi connectivity index (χ0n) is 13.5. The van der Waals surface area contributed by atoms with Crippen LogP contribution in [0.1, 0.15) is 31.2 Å². The number of benzene rings is 1.